The normalized spacial score (nSPS) is 16.1. The van der Waals surface area contributed by atoms with E-state index in [2.05, 4.69) is 4.74 Å². The summed E-state index contributed by atoms with van der Waals surface area (Å²) in [6, 6.07) is 7.06. The standard InChI is InChI=1S/C10H11F3O2/c1-15-9(7-14,10(11,12)13)8-5-3-2-4-6-8/h2-6,14H,7H2,1H3. The summed E-state index contributed by atoms with van der Waals surface area (Å²) in [5.41, 5.74) is -2.74. The molecule has 5 heteroatoms. The quantitative estimate of drug-likeness (QED) is 0.845. The minimum Gasteiger partial charge on any atom is -0.393 e. The van der Waals surface area contributed by atoms with Gasteiger partial charge in [-0.25, -0.2) is 0 Å². The zero-order chi connectivity index (χ0) is 11.5. The topological polar surface area (TPSA) is 29.5 Å². The summed E-state index contributed by atoms with van der Waals surface area (Å²) in [4.78, 5) is 0. The predicted octanol–water partition coefficient (Wildman–Crippen LogP) is 2.08. The summed E-state index contributed by atoms with van der Waals surface area (Å²) in [5, 5.41) is 8.92. The van der Waals surface area contributed by atoms with Gasteiger partial charge < -0.3 is 9.84 Å². The summed E-state index contributed by atoms with van der Waals surface area (Å²) in [5.74, 6) is 0. The van der Waals surface area contributed by atoms with Gasteiger partial charge in [0.2, 0.25) is 5.60 Å². The van der Waals surface area contributed by atoms with E-state index in [1.54, 1.807) is 6.07 Å². The van der Waals surface area contributed by atoms with Crippen molar-refractivity contribution in [3.8, 4) is 0 Å². The third kappa shape index (κ3) is 1.98. The molecule has 15 heavy (non-hydrogen) atoms. The number of rotatable bonds is 3. The second-order valence-corrected chi connectivity index (χ2v) is 3.05. The van der Waals surface area contributed by atoms with Crippen LogP contribution < -0.4 is 0 Å². The molecule has 0 aliphatic carbocycles. The highest BCUT2D eigenvalue weighted by Gasteiger charge is 2.56. The van der Waals surface area contributed by atoms with Crippen molar-refractivity contribution in [2.24, 2.45) is 0 Å². The first-order valence-corrected chi connectivity index (χ1v) is 4.26. The van der Waals surface area contributed by atoms with Gasteiger partial charge >= 0.3 is 6.18 Å². The van der Waals surface area contributed by atoms with Crippen LogP contribution in [0.5, 0.6) is 0 Å². The first-order valence-electron chi connectivity index (χ1n) is 4.26. The van der Waals surface area contributed by atoms with E-state index in [1.165, 1.54) is 24.3 Å². The molecule has 1 unspecified atom stereocenters. The SMILES string of the molecule is COC(CO)(c1ccccc1)C(F)(F)F. The number of halogens is 3. The Morgan fingerprint density at radius 2 is 1.73 bits per heavy atom. The Kier molecular flexibility index (Phi) is 3.36. The van der Waals surface area contributed by atoms with Crippen LogP contribution in [0.1, 0.15) is 5.56 Å². The summed E-state index contributed by atoms with van der Waals surface area (Å²) >= 11 is 0. The molecule has 0 saturated heterocycles. The van der Waals surface area contributed by atoms with Gasteiger partial charge in [-0.15, -0.1) is 0 Å². The number of ether oxygens (including phenoxy) is 1. The summed E-state index contributed by atoms with van der Waals surface area (Å²) in [6.45, 7) is -1.14. The molecule has 0 amide bonds. The average molecular weight is 220 g/mol. The summed E-state index contributed by atoms with van der Waals surface area (Å²) in [7, 11) is 0.927. The fourth-order valence-electron chi connectivity index (χ4n) is 1.35. The summed E-state index contributed by atoms with van der Waals surface area (Å²) in [6.07, 6.45) is -4.65. The second kappa shape index (κ2) is 4.20. The van der Waals surface area contributed by atoms with Crippen LogP contribution in [-0.4, -0.2) is 25.0 Å². The van der Waals surface area contributed by atoms with Crippen LogP contribution in [0.4, 0.5) is 13.2 Å². The fraction of sp³-hybridized carbons (Fsp3) is 0.400. The van der Waals surface area contributed by atoms with E-state index in [-0.39, 0.29) is 5.56 Å². The maximum Gasteiger partial charge on any atom is 0.423 e. The lowest BCUT2D eigenvalue weighted by Gasteiger charge is -2.32. The molecule has 1 rings (SSSR count). The molecule has 84 valence electrons. The Hall–Kier alpha value is -1.07. The van der Waals surface area contributed by atoms with Crippen molar-refractivity contribution in [1.29, 1.82) is 0 Å². The van der Waals surface area contributed by atoms with Crippen molar-refractivity contribution in [2.45, 2.75) is 11.8 Å². The number of aliphatic hydroxyl groups is 1. The van der Waals surface area contributed by atoms with Crippen LogP contribution in [-0.2, 0) is 10.3 Å². The molecule has 0 heterocycles. The highest BCUT2D eigenvalue weighted by Crippen LogP contribution is 2.41. The van der Waals surface area contributed by atoms with Gasteiger partial charge in [0.1, 0.15) is 0 Å². The Bertz CT molecular complexity index is 304. The molecule has 0 saturated carbocycles. The molecule has 1 atom stereocenters. The van der Waals surface area contributed by atoms with Crippen LogP contribution in [0.3, 0.4) is 0 Å². The minimum atomic E-state index is -4.65. The highest BCUT2D eigenvalue weighted by atomic mass is 19.4. The van der Waals surface area contributed by atoms with E-state index in [9.17, 15) is 13.2 Å². The Labute approximate surface area is 85.3 Å². The van der Waals surface area contributed by atoms with E-state index in [0.717, 1.165) is 7.11 Å². The first-order chi connectivity index (χ1) is 6.98. The number of alkyl halides is 3. The molecular weight excluding hydrogens is 209 g/mol. The van der Waals surface area contributed by atoms with E-state index in [1.807, 2.05) is 0 Å². The van der Waals surface area contributed by atoms with Gasteiger partial charge in [-0.2, -0.15) is 13.2 Å². The summed E-state index contributed by atoms with van der Waals surface area (Å²) < 4.78 is 42.8. The minimum absolute atomic E-state index is 0.109. The number of aliphatic hydroxyl groups excluding tert-OH is 1. The number of hydrogen-bond donors (Lipinski definition) is 1. The van der Waals surface area contributed by atoms with E-state index >= 15 is 0 Å². The van der Waals surface area contributed by atoms with Gasteiger partial charge in [-0.3, -0.25) is 0 Å². The highest BCUT2D eigenvalue weighted by molar-refractivity contribution is 5.24. The van der Waals surface area contributed by atoms with E-state index < -0.39 is 18.4 Å². The lowest BCUT2D eigenvalue weighted by atomic mass is 9.94. The van der Waals surface area contributed by atoms with Crippen LogP contribution in [0.15, 0.2) is 30.3 Å². The Morgan fingerprint density at radius 1 is 1.20 bits per heavy atom. The Morgan fingerprint density at radius 3 is 2.07 bits per heavy atom. The molecule has 0 bridgehead atoms. The zero-order valence-electron chi connectivity index (χ0n) is 8.08. The van der Waals surface area contributed by atoms with Gasteiger partial charge in [0, 0.05) is 7.11 Å². The molecule has 1 aromatic carbocycles. The maximum atomic E-state index is 12.8. The average Bonchev–Trinajstić information content (AvgIpc) is 2.20. The van der Waals surface area contributed by atoms with Gasteiger partial charge in [-0.05, 0) is 5.56 Å². The molecule has 0 aromatic heterocycles. The van der Waals surface area contributed by atoms with E-state index in [4.69, 9.17) is 5.11 Å². The maximum absolute atomic E-state index is 12.8. The van der Waals surface area contributed by atoms with Crippen molar-refractivity contribution < 1.29 is 23.0 Å². The largest absolute Gasteiger partial charge is 0.423 e. The molecule has 1 N–H and O–H groups in total. The zero-order valence-corrected chi connectivity index (χ0v) is 8.08. The molecule has 0 fully saturated rings. The van der Waals surface area contributed by atoms with Gasteiger partial charge in [0.05, 0.1) is 6.61 Å². The van der Waals surface area contributed by atoms with Crippen LogP contribution in [0.25, 0.3) is 0 Å². The number of hydrogen-bond acceptors (Lipinski definition) is 2. The molecule has 0 aliphatic rings. The third-order valence-electron chi connectivity index (χ3n) is 2.27. The monoisotopic (exact) mass is 220 g/mol. The lowest BCUT2D eigenvalue weighted by Crippen LogP contribution is -2.47. The van der Waals surface area contributed by atoms with Gasteiger partial charge in [0.25, 0.3) is 0 Å². The predicted molar refractivity (Wildman–Crippen MR) is 48.3 cm³/mol. The second-order valence-electron chi connectivity index (χ2n) is 3.05. The smallest absolute Gasteiger partial charge is 0.393 e. The van der Waals surface area contributed by atoms with Gasteiger partial charge in [0.15, 0.2) is 0 Å². The van der Waals surface area contributed by atoms with E-state index in [0.29, 0.717) is 0 Å². The molecule has 0 spiro atoms. The lowest BCUT2D eigenvalue weighted by molar-refractivity contribution is -0.287. The van der Waals surface area contributed by atoms with Crippen molar-refractivity contribution in [1.82, 2.24) is 0 Å². The van der Waals surface area contributed by atoms with Crippen molar-refractivity contribution in [3.05, 3.63) is 35.9 Å². The van der Waals surface area contributed by atoms with Crippen molar-refractivity contribution in [2.75, 3.05) is 13.7 Å². The molecule has 1 aromatic rings. The third-order valence-corrected chi connectivity index (χ3v) is 2.27. The van der Waals surface area contributed by atoms with Crippen LogP contribution in [0.2, 0.25) is 0 Å². The Balaban J connectivity index is 3.24. The van der Waals surface area contributed by atoms with Crippen LogP contribution in [0, 0.1) is 0 Å². The van der Waals surface area contributed by atoms with Crippen LogP contribution >= 0.6 is 0 Å². The number of benzene rings is 1. The molecular formula is C10H11F3O2. The molecule has 0 aliphatic heterocycles. The fourth-order valence-corrected chi connectivity index (χ4v) is 1.35. The van der Waals surface area contributed by atoms with Crippen molar-refractivity contribution in [3.63, 3.8) is 0 Å². The van der Waals surface area contributed by atoms with Gasteiger partial charge in [-0.1, -0.05) is 30.3 Å². The van der Waals surface area contributed by atoms with Crippen molar-refractivity contribution >= 4 is 0 Å². The number of methoxy groups -OCH3 is 1. The molecule has 0 radical (unpaired) electrons. The first kappa shape index (κ1) is 12.0. The molecule has 2 nitrogen and oxygen atoms in total.